The second kappa shape index (κ2) is 4.39. The quantitative estimate of drug-likeness (QED) is 0.731. The molecule has 4 heteroatoms. The van der Waals surface area contributed by atoms with Crippen LogP contribution in [0.25, 0.3) is 0 Å². The van der Waals surface area contributed by atoms with Crippen molar-refractivity contribution in [1.82, 2.24) is 4.98 Å². The fourth-order valence-corrected chi connectivity index (χ4v) is 1.65. The Hall–Kier alpha value is -1.13. The maximum Gasteiger partial charge on any atom is 0.0872 e. The van der Waals surface area contributed by atoms with E-state index in [4.69, 9.17) is 10.5 Å². The fourth-order valence-electron chi connectivity index (χ4n) is 1.65. The third-order valence-electron chi connectivity index (χ3n) is 2.43. The van der Waals surface area contributed by atoms with Crippen LogP contribution in [-0.2, 0) is 4.74 Å². The molecule has 2 N–H and O–H groups in total. The molecule has 1 saturated heterocycles. The molecule has 2 heterocycles. The van der Waals surface area contributed by atoms with Crippen molar-refractivity contribution in [3.8, 4) is 0 Å². The van der Waals surface area contributed by atoms with E-state index >= 15 is 0 Å². The van der Waals surface area contributed by atoms with Gasteiger partial charge < -0.3 is 15.4 Å². The number of nitrogens with zero attached hydrogens (tertiary/aromatic N) is 2. The van der Waals surface area contributed by atoms with Gasteiger partial charge in [0.25, 0.3) is 0 Å². The standard InChI is InChI=1S/C10H15N3O/c11-7-10-8-13(5-6-14-10)9-1-3-12-4-2-9/h1-4,10H,5-8,11H2/t10-/m0/s1. The van der Waals surface area contributed by atoms with Crippen LogP contribution in [0.1, 0.15) is 0 Å². The molecule has 0 amide bonds. The van der Waals surface area contributed by atoms with E-state index in [0.717, 1.165) is 19.7 Å². The molecule has 1 aromatic rings. The summed E-state index contributed by atoms with van der Waals surface area (Å²) in [7, 11) is 0. The van der Waals surface area contributed by atoms with Gasteiger partial charge in [0, 0.05) is 37.7 Å². The minimum Gasteiger partial charge on any atom is -0.373 e. The molecule has 14 heavy (non-hydrogen) atoms. The van der Waals surface area contributed by atoms with E-state index in [1.54, 1.807) is 0 Å². The van der Waals surface area contributed by atoms with E-state index in [2.05, 4.69) is 9.88 Å². The summed E-state index contributed by atoms with van der Waals surface area (Å²) >= 11 is 0. The lowest BCUT2D eigenvalue weighted by atomic mass is 10.2. The molecule has 0 spiro atoms. The van der Waals surface area contributed by atoms with Gasteiger partial charge in [-0.1, -0.05) is 0 Å². The van der Waals surface area contributed by atoms with Gasteiger partial charge in [-0.2, -0.15) is 0 Å². The highest BCUT2D eigenvalue weighted by atomic mass is 16.5. The number of anilines is 1. The molecule has 1 aliphatic rings. The van der Waals surface area contributed by atoms with Crippen LogP contribution in [0.3, 0.4) is 0 Å². The minimum atomic E-state index is 0.164. The van der Waals surface area contributed by atoms with E-state index in [1.165, 1.54) is 5.69 Å². The van der Waals surface area contributed by atoms with Crippen LogP contribution < -0.4 is 10.6 Å². The van der Waals surface area contributed by atoms with Gasteiger partial charge in [-0.3, -0.25) is 4.98 Å². The zero-order chi connectivity index (χ0) is 9.80. The summed E-state index contributed by atoms with van der Waals surface area (Å²) in [5.74, 6) is 0. The number of pyridine rings is 1. The number of hydrogen-bond acceptors (Lipinski definition) is 4. The molecule has 1 fully saturated rings. The van der Waals surface area contributed by atoms with Gasteiger partial charge in [-0.15, -0.1) is 0 Å². The maximum absolute atomic E-state index is 5.58. The largest absolute Gasteiger partial charge is 0.373 e. The lowest BCUT2D eigenvalue weighted by Crippen LogP contribution is -2.45. The second-order valence-corrected chi connectivity index (χ2v) is 3.38. The third-order valence-corrected chi connectivity index (χ3v) is 2.43. The summed E-state index contributed by atoms with van der Waals surface area (Å²) in [6.07, 6.45) is 3.78. The number of hydrogen-bond donors (Lipinski definition) is 1. The molecule has 1 atom stereocenters. The Bertz CT molecular complexity index is 278. The number of rotatable bonds is 2. The molecular weight excluding hydrogens is 178 g/mol. The Morgan fingerprint density at radius 3 is 3.00 bits per heavy atom. The maximum atomic E-state index is 5.58. The van der Waals surface area contributed by atoms with Crippen LogP contribution >= 0.6 is 0 Å². The normalized spacial score (nSPS) is 22.4. The molecule has 0 saturated carbocycles. The lowest BCUT2D eigenvalue weighted by molar-refractivity contribution is 0.0466. The molecule has 0 unspecified atom stereocenters. The van der Waals surface area contributed by atoms with Crippen molar-refractivity contribution in [3.63, 3.8) is 0 Å². The molecule has 0 radical (unpaired) electrons. The van der Waals surface area contributed by atoms with Gasteiger partial charge >= 0.3 is 0 Å². The Balaban J connectivity index is 2.04. The van der Waals surface area contributed by atoms with Crippen LogP contribution in [0.15, 0.2) is 24.5 Å². The van der Waals surface area contributed by atoms with Crippen LogP contribution in [0.5, 0.6) is 0 Å². The van der Waals surface area contributed by atoms with E-state index in [1.807, 2.05) is 24.5 Å². The van der Waals surface area contributed by atoms with Crippen molar-refractivity contribution >= 4 is 5.69 Å². The molecule has 4 nitrogen and oxygen atoms in total. The van der Waals surface area contributed by atoms with Crippen molar-refractivity contribution in [1.29, 1.82) is 0 Å². The van der Waals surface area contributed by atoms with E-state index in [0.29, 0.717) is 6.54 Å². The van der Waals surface area contributed by atoms with Crippen molar-refractivity contribution in [2.24, 2.45) is 5.73 Å². The average molecular weight is 193 g/mol. The fraction of sp³-hybridized carbons (Fsp3) is 0.500. The highest BCUT2D eigenvalue weighted by molar-refractivity contribution is 5.44. The SMILES string of the molecule is NC[C@H]1CN(c2ccncc2)CCO1. The van der Waals surface area contributed by atoms with Crippen molar-refractivity contribution in [2.75, 3.05) is 31.1 Å². The van der Waals surface area contributed by atoms with Gasteiger partial charge in [0.15, 0.2) is 0 Å². The minimum absolute atomic E-state index is 0.164. The Kier molecular flexibility index (Phi) is 2.96. The van der Waals surface area contributed by atoms with Crippen molar-refractivity contribution in [3.05, 3.63) is 24.5 Å². The summed E-state index contributed by atoms with van der Waals surface area (Å²) in [5, 5.41) is 0. The summed E-state index contributed by atoms with van der Waals surface area (Å²) < 4.78 is 5.50. The summed E-state index contributed by atoms with van der Waals surface area (Å²) in [5.41, 5.74) is 6.78. The van der Waals surface area contributed by atoms with Crippen molar-refractivity contribution < 1.29 is 4.74 Å². The first-order chi connectivity index (χ1) is 6.90. The third kappa shape index (κ3) is 2.02. The molecule has 1 aromatic heterocycles. The smallest absolute Gasteiger partial charge is 0.0872 e. The first kappa shape index (κ1) is 9.43. The lowest BCUT2D eigenvalue weighted by Gasteiger charge is -2.33. The number of morpholine rings is 1. The molecule has 76 valence electrons. The summed E-state index contributed by atoms with van der Waals surface area (Å²) in [6.45, 7) is 3.15. The average Bonchev–Trinajstić information content (AvgIpc) is 2.30. The van der Waals surface area contributed by atoms with Crippen LogP contribution in [0.2, 0.25) is 0 Å². The van der Waals surface area contributed by atoms with Crippen LogP contribution in [0.4, 0.5) is 5.69 Å². The number of ether oxygens (including phenoxy) is 1. The van der Waals surface area contributed by atoms with Crippen LogP contribution in [0, 0.1) is 0 Å². The van der Waals surface area contributed by atoms with Gasteiger partial charge in [-0.05, 0) is 12.1 Å². The zero-order valence-corrected chi connectivity index (χ0v) is 8.10. The highest BCUT2D eigenvalue weighted by Crippen LogP contribution is 2.15. The molecule has 2 rings (SSSR count). The molecular formula is C10H15N3O. The predicted molar refractivity (Wildman–Crippen MR) is 55.2 cm³/mol. The van der Waals surface area contributed by atoms with Crippen LogP contribution in [-0.4, -0.2) is 37.3 Å². The topological polar surface area (TPSA) is 51.4 Å². The Morgan fingerprint density at radius 1 is 1.50 bits per heavy atom. The van der Waals surface area contributed by atoms with E-state index < -0.39 is 0 Å². The second-order valence-electron chi connectivity index (χ2n) is 3.38. The first-order valence-electron chi connectivity index (χ1n) is 4.87. The summed E-state index contributed by atoms with van der Waals surface area (Å²) in [6, 6.07) is 4.03. The van der Waals surface area contributed by atoms with Crippen molar-refractivity contribution in [2.45, 2.75) is 6.10 Å². The van der Waals surface area contributed by atoms with E-state index in [-0.39, 0.29) is 6.10 Å². The van der Waals surface area contributed by atoms with Gasteiger partial charge in [-0.25, -0.2) is 0 Å². The first-order valence-corrected chi connectivity index (χ1v) is 4.87. The zero-order valence-electron chi connectivity index (χ0n) is 8.10. The number of aromatic nitrogens is 1. The predicted octanol–water partition coefficient (Wildman–Crippen LogP) is 0.245. The molecule has 1 aliphatic heterocycles. The Morgan fingerprint density at radius 2 is 2.29 bits per heavy atom. The van der Waals surface area contributed by atoms with Gasteiger partial charge in [0.2, 0.25) is 0 Å². The monoisotopic (exact) mass is 193 g/mol. The van der Waals surface area contributed by atoms with E-state index in [9.17, 15) is 0 Å². The molecule has 0 aliphatic carbocycles. The number of nitrogens with two attached hydrogens (primary N) is 1. The summed E-state index contributed by atoms with van der Waals surface area (Å²) in [4.78, 5) is 6.28. The molecule has 0 bridgehead atoms. The van der Waals surface area contributed by atoms with Gasteiger partial charge in [0.1, 0.15) is 0 Å². The highest BCUT2D eigenvalue weighted by Gasteiger charge is 2.18. The van der Waals surface area contributed by atoms with Gasteiger partial charge in [0.05, 0.1) is 12.7 Å². The molecule has 0 aromatic carbocycles. The Labute approximate surface area is 83.7 Å².